The number of amides is 2. The molecular formula is C21H24BrClN2O3. The number of nitrogens with zero attached hydrogens (tertiary/aromatic N) is 1. The van der Waals surface area contributed by atoms with Gasteiger partial charge < -0.3 is 15.0 Å². The number of alkyl carbamates (subject to hydrolysis) is 1. The van der Waals surface area contributed by atoms with Crippen LogP contribution in [0, 0.1) is 0 Å². The number of nitrogens with one attached hydrogen (secondary N) is 1. The largest absolute Gasteiger partial charge is 0.444 e. The summed E-state index contributed by atoms with van der Waals surface area (Å²) in [7, 11) is 1.66. The normalized spacial score (nSPS) is 12.2. The summed E-state index contributed by atoms with van der Waals surface area (Å²) < 4.78 is 6.24. The predicted octanol–water partition coefficient (Wildman–Crippen LogP) is 5.20. The van der Waals surface area contributed by atoms with Crippen LogP contribution in [0.4, 0.5) is 10.5 Å². The minimum Gasteiger partial charge on any atom is -0.444 e. The molecule has 7 heteroatoms. The minimum atomic E-state index is -0.787. The second kappa shape index (κ2) is 9.43. The van der Waals surface area contributed by atoms with Crippen LogP contribution >= 0.6 is 27.5 Å². The van der Waals surface area contributed by atoms with Gasteiger partial charge in [-0.1, -0.05) is 39.7 Å². The molecule has 0 saturated heterocycles. The second-order valence-electron chi connectivity index (χ2n) is 7.41. The molecule has 1 atom stereocenters. The number of halogens is 2. The first-order chi connectivity index (χ1) is 13.0. The molecule has 0 heterocycles. The van der Waals surface area contributed by atoms with Gasteiger partial charge in [-0.2, -0.15) is 0 Å². The molecule has 0 aliphatic rings. The number of carbonyl (C=O) groups is 2. The van der Waals surface area contributed by atoms with Crippen LogP contribution in [0.25, 0.3) is 0 Å². The number of rotatable bonds is 5. The molecule has 5 nitrogen and oxygen atoms in total. The molecule has 0 aliphatic heterocycles. The van der Waals surface area contributed by atoms with Gasteiger partial charge in [0.1, 0.15) is 11.6 Å². The Morgan fingerprint density at radius 3 is 2.39 bits per heavy atom. The van der Waals surface area contributed by atoms with E-state index in [1.807, 2.05) is 24.3 Å². The van der Waals surface area contributed by atoms with Crippen LogP contribution in [0.5, 0.6) is 0 Å². The van der Waals surface area contributed by atoms with Crippen LogP contribution in [0.3, 0.4) is 0 Å². The fourth-order valence-electron chi connectivity index (χ4n) is 2.58. The third-order valence-electron chi connectivity index (χ3n) is 3.86. The second-order valence-corrected chi connectivity index (χ2v) is 8.76. The van der Waals surface area contributed by atoms with Crippen molar-refractivity contribution in [2.24, 2.45) is 0 Å². The van der Waals surface area contributed by atoms with Gasteiger partial charge in [-0.3, -0.25) is 4.79 Å². The molecule has 2 rings (SSSR count). The molecule has 0 spiro atoms. The van der Waals surface area contributed by atoms with E-state index in [1.165, 1.54) is 4.90 Å². The number of likely N-dealkylation sites (N-methyl/N-ethyl adjacent to an activating group) is 1. The first kappa shape index (κ1) is 22.2. The van der Waals surface area contributed by atoms with Crippen LogP contribution in [-0.4, -0.2) is 30.7 Å². The molecular weight excluding hydrogens is 444 g/mol. The van der Waals surface area contributed by atoms with Crippen molar-refractivity contribution in [3.8, 4) is 0 Å². The Morgan fingerprint density at radius 2 is 1.82 bits per heavy atom. The van der Waals surface area contributed by atoms with Gasteiger partial charge in [0.15, 0.2) is 0 Å². The Bertz CT molecular complexity index is 834. The SMILES string of the molecule is CN(C(=O)C(Cc1cccc(Br)c1)NC(=O)OC(C)(C)C)c1ccc(Cl)cc1. The van der Waals surface area contributed by atoms with E-state index in [1.54, 1.807) is 52.1 Å². The zero-order valence-electron chi connectivity index (χ0n) is 16.3. The summed E-state index contributed by atoms with van der Waals surface area (Å²) in [5.74, 6) is -0.256. The van der Waals surface area contributed by atoms with E-state index in [0.717, 1.165) is 10.0 Å². The zero-order valence-corrected chi connectivity index (χ0v) is 18.7. The summed E-state index contributed by atoms with van der Waals surface area (Å²) >= 11 is 9.36. The lowest BCUT2D eigenvalue weighted by Crippen LogP contribution is -2.50. The minimum absolute atomic E-state index is 0.256. The molecule has 2 amide bonds. The van der Waals surface area contributed by atoms with E-state index in [0.29, 0.717) is 17.1 Å². The van der Waals surface area contributed by atoms with Crippen molar-refractivity contribution >= 4 is 45.2 Å². The molecule has 0 fully saturated rings. The zero-order chi connectivity index (χ0) is 20.9. The number of ether oxygens (including phenoxy) is 1. The van der Waals surface area contributed by atoms with Crippen LogP contribution in [0.1, 0.15) is 26.3 Å². The van der Waals surface area contributed by atoms with Gasteiger partial charge in [0.25, 0.3) is 0 Å². The summed E-state index contributed by atoms with van der Waals surface area (Å²) in [6.07, 6.45) is -0.305. The highest BCUT2D eigenvalue weighted by atomic mass is 79.9. The number of hydrogen-bond donors (Lipinski definition) is 1. The van der Waals surface area contributed by atoms with E-state index in [4.69, 9.17) is 16.3 Å². The average molecular weight is 468 g/mol. The van der Waals surface area contributed by atoms with Gasteiger partial charge in [0.2, 0.25) is 5.91 Å². The third kappa shape index (κ3) is 6.84. The topological polar surface area (TPSA) is 58.6 Å². The van der Waals surface area contributed by atoms with E-state index >= 15 is 0 Å². The number of anilines is 1. The lowest BCUT2D eigenvalue weighted by atomic mass is 10.0. The molecule has 2 aromatic rings. The maximum Gasteiger partial charge on any atom is 0.408 e. The summed E-state index contributed by atoms with van der Waals surface area (Å²) in [6, 6.07) is 13.8. The third-order valence-corrected chi connectivity index (χ3v) is 4.61. The first-order valence-corrected chi connectivity index (χ1v) is 9.99. The van der Waals surface area contributed by atoms with Crippen LogP contribution in [-0.2, 0) is 16.0 Å². The summed E-state index contributed by atoms with van der Waals surface area (Å²) in [5, 5.41) is 3.29. The van der Waals surface area contributed by atoms with E-state index in [-0.39, 0.29) is 5.91 Å². The van der Waals surface area contributed by atoms with Crippen LogP contribution in [0.15, 0.2) is 53.0 Å². The highest BCUT2D eigenvalue weighted by Gasteiger charge is 2.27. The van der Waals surface area contributed by atoms with Crippen molar-refractivity contribution in [3.05, 3.63) is 63.6 Å². The van der Waals surface area contributed by atoms with Gasteiger partial charge in [-0.15, -0.1) is 0 Å². The van der Waals surface area contributed by atoms with Gasteiger partial charge >= 0.3 is 6.09 Å². The summed E-state index contributed by atoms with van der Waals surface area (Å²) in [5.41, 5.74) is 0.933. The molecule has 0 aromatic heterocycles. The van der Waals surface area contributed by atoms with E-state index in [9.17, 15) is 9.59 Å². The summed E-state index contributed by atoms with van der Waals surface area (Å²) in [4.78, 5) is 26.9. The van der Waals surface area contributed by atoms with Crippen molar-refractivity contribution in [1.82, 2.24) is 5.32 Å². The first-order valence-electron chi connectivity index (χ1n) is 8.82. The average Bonchev–Trinajstić information content (AvgIpc) is 2.59. The standard InChI is InChI=1S/C21H24BrClN2O3/c1-21(2,3)28-20(27)24-18(13-14-6-5-7-15(22)12-14)19(26)25(4)17-10-8-16(23)9-11-17/h5-12,18H,13H2,1-4H3,(H,24,27). The quantitative estimate of drug-likeness (QED) is 0.657. The van der Waals surface area contributed by atoms with Crippen molar-refractivity contribution in [2.45, 2.75) is 38.8 Å². The highest BCUT2D eigenvalue weighted by molar-refractivity contribution is 9.10. The lowest BCUT2D eigenvalue weighted by molar-refractivity contribution is -0.120. The molecule has 0 radical (unpaired) electrons. The molecule has 2 aromatic carbocycles. The Balaban J connectivity index is 2.23. The van der Waals surface area contributed by atoms with Crippen LogP contribution in [0.2, 0.25) is 5.02 Å². The highest BCUT2D eigenvalue weighted by Crippen LogP contribution is 2.19. The number of carbonyl (C=O) groups excluding carboxylic acids is 2. The molecule has 0 aliphatic carbocycles. The van der Waals surface area contributed by atoms with E-state index in [2.05, 4.69) is 21.2 Å². The van der Waals surface area contributed by atoms with Gasteiger partial charge in [-0.25, -0.2) is 4.79 Å². The lowest BCUT2D eigenvalue weighted by Gasteiger charge is -2.27. The smallest absolute Gasteiger partial charge is 0.408 e. The Morgan fingerprint density at radius 1 is 1.18 bits per heavy atom. The van der Waals surface area contributed by atoms with Gasteiger partial charge in [0, 0.05) is 28.7 Å². The molecule has 0 saturated carbocycles. The number of hydrogen-bond acceptors (Lipinski definition) is 3. The van der Waals surface area contributed by atoms with Crippen molar-refractivity contribution in [3.63, 3.8) is 0 Å². The van der Waals surface area contributed by atoms with Crippen molar-refractivity contribution in [1.29, 1.82) is 0 Å². The molecule has 0 bridgehead atoms. The fourth-order valence-corrected chi connectivity index (χ4v) is 3.15. The molecule has 1 unspecified atom stereocenters. The van der Waals surface area contributed by atoms with Gasteiger partial charge in [0.05, 0.1) is 0 Å². The van der Waals surface area contributed by atoms with Crippen molar-refractivity contribution in [2.75, 3.05) is 11.9 Å². The monoisotopic (exact) mass is 466 g/mol. The van der Waals surface area contributed by atoms with E-state index < -0.39 is 17.7 Å². The Labute approximate surface area is 179 Å². The van der Waals surface area contributed by atoms with Crippen molar-refractivity contribution < 1.29 is 14.3 Å². The van der Waals surface area contributed by atoms with Crippen LogP contribution < -0.4 is 10.2 Å². The fraction of sp³-hybridized carbons (Fsp3) is 0.333. The maximum absolute atomic E-state index is 13.1. The summed E-state index contributed by atoms with van der Waals surface area (Å²) in [6.45, 7) is 5.33. The maximum atomic E-state index is 13.1. The Kier molecular flexibility index (Phi) is 7.49. The number of benzene rings is 2. The Hall–Kier alpha value is -2.05. The molecule has 1 N–H and O–H groups in total. The van der Waals surface area contributed by atoms with Gasteiger partial charge in [-0.05, 0) is 62.7 Å². The molecule has 28 heavy (non-hydrogen) atoms. The predicted molar refractivity (Wildman–Crippen MR) is 116 cm³/mol. The molecule has 150 valence electrons.